The highest BCUT2D eigenvalue weighted by atomic mass is 79.9. The molecule has 2 heterocycles. The number of aromatic nitrogens is 2. The van der Waals surface area contributed by atoms with E-state index in [9.17, 15) is 14.7 Å². The van der Waals surface area contributed by atoms with E-state index < -0.39 is 11.4 Å². The van der Waals surface area contributed by atoms with Crippen LogP contribution in [-0.4, -0.2) is 26.6 Å². The predicted molar refractivity (Wildman–Crippen MR) is 100 cm³/mol. The van der Waals surface area contributed by atoms with Crippen molar-refractivity contribution in [1.29, 1.82) is 5.41 Å². The number of pyridine rings is 2. The second-order valence-corrected chi connectivity index (χ2v) is 6.18. The Bertz CT molecular complexity index is 855. The quantitative estimate of drug-likeness (QED) is 0.266. The number of nitrogens with two attached hydrogens (primary N) is 1. The van der Waals surface area contributed by atoms with Crippen molar-refractivity contribution in [3.63, 3.8) is 0 Å². The molecule has 0 bridgehead atoms. The maximum atomic E-state index is 12.4. The molecule has 0 aliphatic rings. The molecule has 0 aromatic carbocycles. The first-order chi connectivity index (χ1) is 10.9. The number of nitrogens with one attached hydrogen (secondary N) is 1. The summed E-state index contributed by atoms with van der Waals surface area (Å²) in [6.45, 7) is 4.93. The number of rotatable bonds is 5. The number of thioether (sulfide) groups is 1. The van der Waals surface area contributed by atoms with Crippen LogP contribution < -0.4 is 32.7 Å². The number of carboxylic acid groups (broad SMARTS) is 1. The smallest absolute Gasteiger partial charge is 0.343 e. The lowest BCUT2D eigenvalue weighted by Crippen LogP contribution is -3.00. The van der Waals surface area contributed by atoms with Crippen LogP contribution in [0.25, 0.3) is 11.0 Å². The first-order valence-corrected chi connectivity index (χ1v) is 8.12. The van der Waals surface area contributed by atoms with Gasteiger partial charge in [0.2, 0.25) is 5.43 Å². The fourth-order valence-electron chi connectivity index (χ4n) is 2.51. The summed E-state index contributed by atoms with van der Waals surface area (Å²) < 4.78 is 3.73. The number of nitrogens with zero attached hydrogens (tertiary/aromatic N) is 2. The lowest BCUT2D eigenvalue weighted by Gasteiger charge is -2.11. The predicted octanol–water partition coefficient (Wildman–Crippen LogP) is -1.48. The molecule has 0 radical (unpaired) electrons. The number of hydrogen-bond donors (Lipinski definition) is 3. The molecule has 2 rings (SSSR count). The second kappa shape index (κ2) is 9.93. The second-order valence-electron chi connectivity index (χ2n) is 5.04. The molecular formula is C15H20Br2N4O3S. The molecule has 10 heteroatoms. The van der Waals surface area contributed by atoms with Crippen LogP contribution in [0.1, 0.15) is 23.0 Å². The molecule has 0 fully saturated rings. The Hall–Kier alpha value is -1.39. The third kappa shape index (κ3) is 5.05. The van der Waals surface area contributed by atoms with Crippen molar-refractivity contribution in [2.24, 2.45) is 5.73 Å². The molecule has 0 amide bonds. The number of carbonyl (C=O) groups is 1. The molecule has 2 aromatic heterocycles. The van der Waals surface area contributed by atoms with Crippen LogP contribution in [0.5, 0.6) is 0 Å². The van der Waals surface area contributed by atoms with E-state index in [1.54, 1.807) is 16.7 Å². The average molecular weight is 496 g/mol. The zero-order chi connectivity index (χ0) is 17.1. The molecule has 0 aliphatic carbocycles. The number of amidine groups is 1. The van der Waals surface area contributed by atoms with Crippen LogP contribution >= 0.6 is 28.7 Å². The van der Waals surface area contributed by atoms with Crippen molar-refractivity contribution in [2.75, 3.05) is 5.75 Å². The van der Waals surface area contributed by atoms with Crippen LogP contribution in [-0.2, 0) is 13.1 Å². The van der Waals surface area contributed by atoms with Crippen LogP contribution in [0.15, 0.2) is 23.1 Å². The zero-order valence-electron chi connectivity index (χ0n) is 13.8. The van der Waals surface area contributed by atoms with Crippen molar-refractivity contribution < 1.29 is 31.4 Å². The maximum Gasteiger partial charge on any atom is 0.343 e. The minimum Gasteiger partial charge on any atom is -1.00 e. The Labute approximate surface area is 170 Å². The molecule has 0 saturated heterocycles. The summed E-state index contributed by atoms with van der Waals surface area (Å²) in [5.74, 6) is -0.628. The normalized spacial score (nSPS) is 10.0. The Morgan fingerprint density at radius 1 is 1.44 bits per heavy atom. The summed E-state index contributed by atoms with van der Waals surface area (Å²) in [5.41, 5.74) is 6.28. The van der Waals surface area contributed by atoms with Gasteiger partial charge in [-0.3, -0.25) is 10.2 Å². The van der Waals surface area contributed by atoms with Gasteiger partial charge in [-0.15, -0.1) is 17.0 Å². The molecule has 25 heavy (non-hydrogen) atoms. The van der Waals surface area contributed by atoms with E-state index in [2.05, 4.69) is 0 Å². The van der Waals surface area contributed by atoms with E-state index in [1.807, 2.05) is 18.4 Å². The van der Waals surface area contributed by atoms with Crippen LogP contribution in [0.4, 0.5) is 0 Å². The van der Waals surface area contributed by atoms with Gasteiger partial charge in [0.15, 0.2) is 5.17 Å². The highest BCUT2D eigenvalue weighted by molar-refractivity contribution is 8.93. The topological polar surface area (TPSA) is 113 Å². The van der Waals surface area contributed by atoms with Gasteiger partial charge in [-0.05, 0) is 26.0 Å². The van der Waals surface area contributed by atoms with E-state index in [0.29, 0.717) is 29.9 Å². The van der Waals surface area contributed by atoms with Crippen molar-refractivity contribution >= 4 is 50.9 Å². The third-order valence-electron chi connectivity index (χ3n) is 3.60. The van der Waals surface area contributed by atoms with E-state index in [1.165, 1.54) is 18.0 Å². The Kier molecular flexibility index (Phi) is 9.38. The summed E-state index contributed by atoms with van der Waals surface area (Å²) in [4.78, 5) is 23.7. The zero-order valence-corrected chi connectivity index (χ0v) is 17.9. The highest BCUT2D eigenvalue weighted by Crippen LogP contribution is 2.11. The number of fused-ring (bicyclic) bond motifs is 1. The minimum absolute atomic E-state index is 0. The summed E-state index contributed by atoms with van der Waals surface area (Å²) in [7, 11) is 0. The summed E-state index contributed by atoms with van der Waals surface area (Å²) in [5, 5.41) is 16.9. The molecule has 0 saturated carbocycles. The van der Waals surface area contributed by atoms with E-state index in [-0.39, 0.29) is 44.7 Å². The fourth-order valence-corrected chi connectivity index (χ4v) is 3.00. The minimum atomic E-state index is -1.22. The van der Waals surface area contributed by atoms with Gasteiger partial charge in [0.25, 0.3) is 5.65 Å². The standard InChI is InChI=1S/C15H18N4O3S.2BrH/c1-3-18-8-11(14(21)22)12(20)10-5-4-9(2)19(13(10)18)6-7-23-15(16)17;;/h4-5,8H,3,6-7H2,1-2H3,(H3-,16,17,21,22);2*1H. The van der Waals surface area contributed by atoms with Crippen molar-refractivity contribution in [3.05, 3.63) is 39.8 Å². The molecule has 0 unspecified atom stereocenters. The lowest BCUT2D eigenvalue weighted by molar-refractivity contribution is -0.675. The number of hydrogen-bond acceptors (Lipinski definition) is 4. The Morgan fingerprint density at radius 3 is 2.60 bits per heavy atom. The van der Waals surface area contributed by atoms with E-state index in [4.69, 9.17) is 11.1 Å². The first-order valence-electron chi connectivity index (χ1n) is 7.13. The fraction of sp³-hybridized carbons (Fsp3) is 0.333. The maximum absolute atomic E-state index is 12.4. The van der Waals surface area contributed by atoms with E-state index in [0.717, 1.165) is 5.69 Å². The molecule has 4 N–H and O–H groups in total. The highest BCUT2D eigenvalue weighted by Gasteiger charge is 2.22. The number of aryl methyl sites for hydroxylation is 3. The van der Waals surface area contributed by atoms with Crippen LogP contribution in [0.2, 0.25) is 0 Å². The molecular weight excluding hydrogens is 476 g/mol. The molecule has 2 aromatic rings. The van der Waals surface area contributed by atoms with Gasteiger partial charge in [-0.25, -0.2) is 13.9 Å². The van der Waals surface area contributed by atoms with Gasteiger partial charge >= 0.3 is 5.97 Å². The molecule has 0 atom stereocenters. The SMILES string of the molecule is Br.CCn1cc(C(=O)O)c(=O)c2ccc(C)[n+](CCSC(=N)N)c21.[Br-]. The van der Waals surface area contributed by atoms with Crippen LogP contribution in [0, 0.1) is 12.3 Å². The summed E-state index contributed by atoms with van der Waals surface area (Å²) in [6, 6.07) is 3.47. The largest absolute Gasteiger partial charge is 1.00 e. The summed E-state index contributed by atoms with van der Waals surface area (Å²) >= 11 is 1.23. The number of halogens is 2. The number of carboxylic acids is 1. The molecule has 138 valence electrons. The van der Waals surface area contributed by atoms with Gasteiger partial charge in [0.1, 0.15) is 29.4 Å². The first kappa shape index (κ1) is 23.6. The van der Waals surface area contributed by atoms with Gasteiger partial charge in [0.05, 0.1) is 6.54 Å². The number of aromatic carboxylic acids is 1. The van der Waals surface area contributed by atoms with Gasteiger partial charge in [-0.1, -0.05) is 11.8 Å². The van der Waals surface area contributed by atoms with Crippen molar-refractivity contribution in [3.8, 4) is 0 Å². The lowest BCUT2D eigenvalue weighted by atomic mass is 10.1. The molecule has 7 nitrogen and oxygen atoms in total. The molecule has 0 aliphatic heterocycles. The summed E-state index contributed by atoms with van der Waals surface area (Å²) in [6.07, 6.45) is 1.39. The van der Waals surface area contributed by atoms with Crippen LogP contribution in [0.3, 0.4) is 0 Å². The van der Waals surface area contributed by atoms with Gasteiger partial charge < -0.3 is 27.8 Å². The van der Waals surface area contributed by atoms with E-state index >= 15 is 0 Å². The Morgan fingerprint density at radius 2 is 2.08 bits per heavy atom. The van der Waals surface area contributed by atoms with Gasteiger partial charge in [-0.2, -0.15) is 0 Å². The van der Waals surface area contributed by atoms with Crippen molar-refractivity contribution in [2.45, 2.75) is 26.9 Å². The Balaban J connectivity index is 0.00000288. The monoisotopic (exact) mass is 494 g/mol. The average Bonchev–Trinajstić information content (AvgIpc) is 2.49. The van der Waals surface area contributed by atoms with Gasteiger partial charge in [0, 0.05) is 5.75 Å². The third-order valence-corrected chi connectivity index (χ3v) is 4.30. The van der Waals surface area contributed by atoms with Crippen molar-refractivity contribution in [1.82, 2.24) is 4.57 Å². The molecule has 0 spiro atoms.